The SMILES string of the molecule is N#Cc1ccc(-n2ccc3cc(COCN4CCCCC4)cnc32)cc1. The lowest BCUT2D eigenvalue weighted by molar-refractivity contribution is 0.00970. The van der Waals surface area contributed by atoms with Gasteiger partial charge in [0, 0.05) is 36.6 Å². The lowest BCUT2D eigenvalue weighted by Crippen LogP contribution is -2.31. The van der Waals surface area contributed by atoms with Crippen LogP contribution in [0.5, 0.6) is 0 Å². The van der Waals surface area contributed by atoms with Gasteiger partial charge >= 0.3 is 0 Å². The molecule has 1 aromatic carbocycles. The maximum absolute atomic E-state index is 8.93. The predicted molar refractivity (Wildman–Crippen MR) is 101 cm³/mol. The highest BCUT2D eigenvalue weighted by Gasteiger charge is 2.10. The predicted octanol–water partition coefficient (Wildman–Crippen LogP) is 3.86. The Morgan fingerprint density at radius 1 is 1.08 bits per heavy atom. The third kappa shape index (κ3) is 3.62. The van der Waals surface area contributed by atoms with Crippen LogP contribution in [0, 0.1) is 11.3 Å². The minimum Gasteiger partial charge on any atom is -0.361 e. The van der Waals surface area contributed by atoms with E-state index in [4.69, 9.17) is 10.00 Å². The standard InChI is InChI=1S/C21H22N4O/c22-13-17-4-6-20(7-5-17)25-11-8-19-12-18(14-23-21(19)25)15-26-16-24-9-2-1-3-10-24/h4-8,11-12,14H,1-3,9-10,15-16H2. The summed E-state index contributed by atoms with van der Waals surface area (Å²) in [5.41, 5.74) is 3.66. The molecule has 0 atom stereocenters. The van der Waals surface area contributed by atoms with Crippen LogP contribution >= 0.6 is 0 Å². The Kier molecular flexibility index (Phi) is 4.96. The Morgan fingerprint density at radius 3 is 2.65 bits per heavy atom. The number of rotatable bonds is 5. The minimum atomic E-state index is 0.585. The van der Waals surface area contributed by atoms with Crippen LogP contribution < -0.4 is 0 Å². The number of nitriles is 1. The molecule has 0 aliphatic carbocycles. The third-order valence-electron chi connectivity index (χ3n) is 4.85. The summed E-state index contributed by atoms with van der Waals surface area (Å²) in [5, 5.41) is 10.0. The van der Waals surface area contributed by atoms with Gasteiger partial charge in [-0.15, -0.1) is 0 Å². The molecule has 1 saturated heterocycles. The Morgan fingerprint density at radius 2 is 1.88 bits per heavy atom. The zero-order valence-electron chi connectivity index (χ0n) is 14.8. The average Bonchev–Trinajstić information content (AvgIpc) is 3.12. The monoisotopic (exact) mass is 346 g/mol. The van der Waals surface area contributed by atoms with E-state index in [1.165, 1.54) is 19.3 Å². The zero-order valence-corrected chi connectivity index (χ0v) is 14.8. The van der Waals surface area contributed by atoms with Crippen LogP contribution in [0.4, 0.5) is 0 Å². The van der Waals surface area contributed by atoms with E-state index >= 15 is 0 Å². The van der Waals surface area contributed by atoms with E-state index < -0.39 is 0 Å². The number of piperidine rings is 1. The van der Waals surface area contributed by atoms with E-state index in [0.717, 1.165) is 35.4 Å². The zero-order chi connectivity index (χ0) is 17.8. The van der Waals surface area contributed by atoms with Gasteiger partial charge in [-0.1, -0.05) is 6.42 Å². The van der Waals surface area contributed by atoms with Crippen LogP contribution in [0.1, 0.15) is 30.4 Å². The fourth-order valence-corrected chi connectivity index (χ4v) is 3.43. The summed E-state index contributed by atoms with van der Waals surface area (Å²) in [7, 11) is 0. The van der Waals surface area contributed by atoms with Crippen LogP contribution in [-0.2, 0) is 11.3 Å². The van der Waals surface area contributed by atoms with Gasteiger partial charge in [0.15, 0.2) is 0 Å². The molecule has 3 aromatic rings. The molecule has 0 radical (unpaired) electrons. The van der Waals surface area contributed by atoms with Gasteiger partial charge in [-0.25, -0.2) is 4.98 Å². The van der Waals surface area contributed by atoms with Gasteiger partial charge < -0.3 is 9.30 Å². The van der Waals surface area contributed by atoms with Crippen LogP contribution in [-0.4, -0.2) is 34.3 Å². The summed E-state index contributed by atoms with van der Waals surface area (Å²) < 4.78 is 7.91. The van der Waals surface area contributed by atoms with Crippen LogP contribution in [0.3, 0.4) is 0 Å². The largest absolute Gasteiger partial charge is 0.361 e. The fraction of sp³-hybridized carbons (Fsp3) is 0.333. The van der Waals surface area contributed by atoms with Crippen LogP contribution in [0.15, 0.2) is 48.8 Å². The quantitative estimate of drug-likeness (QED) is 0.704. The molecule has 0 spiro atoms. The molecule has 0 amide bonds. The maximum atomic E-state index is 8.93. The van der Waals surface area contributed by atoms with Crippen molar-refractivity contribution >= 4 is 11.0 Å². The molecule has 4 rings (SSSR count). The Labute approximate surface area is 153 Å². The van der Waals surface area contributed by atoms with Gasteiger partial charge in [-0.3, -0.25) is 4.90 Å². The van der Waals surface area contributed by atoms with E-state index in [1.807, 2.05) is 41.2 Å². The van der Waals surface area contributed by atoms with Crippen molar-refractivity contribution in [2.75, 3.05) is 19.8 Å². The molecule has 132 valence electrons. The third-order valence-corrected chi connectivity index (χ3v) is 4.85. The number of hydrogen-bond donors (Lipinski definition) is 0. The number of fused-ring (bicyclic) bond motifs is 1. The van der Waals surface area contributed by atoms with E-state index in [1.54, 1.807) is 0 Å². The Balaban J connectivity index is 1.45. The molecule has 2 aromatic heterocycles. The number of aromatic nitrogens is 2. The summed E-state index contributed by atoms with van der Waals surface area (Å²) in [6.45, 7) is 3.57. The second kappa shape index (κ2) is 7.69. The van der Waals surface area contributed by atoms with E-state index in [2.05, 4.69) is 28.1 Å². The average molecular weight is 346 g/mol. The van der Waals surface area contributed by atoms with Crippen molar-refractivity contribution in [3.63, 3.8) is 0 Å². The van der Waals surface area contributed by atoms with Crippen LogP contribution in [0.25, 0.3) is 16.7 Å². The smallest absolute Gasteiger partial charge is 0.144 e. The minimum absolute atomic E-state index is 0.585. The molecule has 5 heteroatoms. The molecule has 1 aliphatic rings. The molecule has 3 heterocycles. The molecule has 0 N–H and O–H groups in total. The number of pyridine rings is 1. The number of ether oxygens (including phenoxy) is 1. The topological polar surface area (TPSA) is 54.1 Å². The van der Waals surface area contributed by atoms with E-state index in [9.17, 15) is 0 Å². The molecule has 0 unspecified atom stereocenters. The van der Waals surface area contributed by atoms with Crippen molar-refractivity contribution in [2.45, 2.75) is 25.9 Å². The molecular formula is C21H22N4O. The maximum Gasteiger partial charge on any atom is 0.144 e. The highest BCUT2D eigenvalue weighted by Crippen LogP contribution is 2.20. The first-order chi connectivity index (χ1) is 12.8. The Hall–Kier alpha value is -2.68. The van der Waals surface area contributed by atoms with E-state index in [0.29, 0.717) is 18.9 Å². The first-order valence-electron chi connectivity index (χ1n) is 9.10. The fourth-order valence-electron chi connectivity index (χ4n) is 3.43. The van der Waals surface area contributed by atoms with Crippen molar-refractivity contribution in [3.8, 4) is 11.8 Å². The Bertz CT molecular complexity index is 917. The second-order valence-corrected chi connectivity index (χ2v) is 6.76. The van der Waals surface area contributed by atoms with Gasteiger partial charge in [-0.2, -0.15) is 5.26 Å². The number of nitrogens with zero attached hydrogens (tertiary/aromatic N) is 4. The van der Waals surface area contributed by atoms with Gasteiger partial charge in [0.1, 0.15) is 5.65 Å². The summed E-state index contributed by atoms with van der Waals surface area (Å²) in [4.78, 5) is 7.00. The highest BCUT2D eigenvalue weighted by molar-refractivity contribution is 5.78. The van der Waals surface area contributed by atoms with Crippen LogP contribution in [0.2, 0.25) is 0 Å². The lowest BCUT2D eigenvalue weighted by Gasteiger charge is -2.25. The number of likely N-dealkylation sites (tertiary alicyclic amines) is 1. The summed E-state index contributed by atoms with van der Waals surface area (Å²) in [5.74, 6) is 0. The number of hydrogen-bond acceptors (Lipinski definition) is 4. The van der Waals surface area contributed by atoms with Crippen molar-refractivity contribution in [1.82, 2.24) is 14.5 Å². The first-order valence-corrected chi connectivity index (χ1v) is 9.10. The van der Waals surface area contributed by atoms with Crippen molar-refractivity contribution in [3.05, 3.63) is 59.9 Å². The number of benzene rings is 1. The summed E-state index contributed by atoms with van der Waals surface area (Å²) >= 11 is 0. The molecule has 0 bridgehead atoms. The summed E-state index contributed by atoms with van der Waals surface area (Å²) in [6.07, 6.45) is 7.79. The van der Waals surface area contributed by atoms with Gasteiger partial charge in [0.25, 0.3) is 0 Å². The molecule has 26 heavy (non-hydrogen) atoms. The van der Waals surface area contributed by atoms with Gasteiger partial charge in [-0.05, 0) is 54.8 Å². The van der Waals surface area contributed by atoms with Crippen molar-refractivity contribution in [1.29, 1.82) is 5.26 Å². The molecular weight excluding hydrogens is 324 g/mol. The van der Waals surface area contributed by atoms with Crippen molar-refractivity contribution in [2.24, 2.45) is 0 Å². The summed E-state index contributed by atoms with van der Waals surface area (Å²) in [6, 6.07) is 13.9. The van der Waals surface area contributed by atoms with Crippen molar-refractivity contribution < 1.29 is 4.74 Å². The highest BCUT2D eigenvalue weighted by atomic mass is 16.5. The molecule has 1 aliphatic heterocycles. The van der Waals surface area contributed by atoms with E-state index in [-0.39, 0.29) is 0 Å². The normalized spacial score (nSPS) is 15.2. The lowest BCUT2D eigenvalue weighted by atomic mass is 10.1. The van der Waals surface area contributed by atoms with Gasteiger partial charge in [0.05, 0.1) is 25.0 Å². The molecule has 5 nitrogen and oxygen atoms in total. The molecule has 1 fully saturated rings. The van der Waals surface area contributed by atoms with Gasteiger partial charge in [0.2, 0.25) is 0 Å². The molecule has 0 saturated carbocycles. The second-order valence-electron chi connectivity index (χ2n) is 6.76. The first kappa shape index (κ1) is 16.8.